The number of rotatable bonds is 2. The second kappa shape index (κ2) is 6.30. The minimum absolute atomic E-state index is 0.0763. The van der Waals surface area contributed by atoms with Crippen molar-refractivity contribution >= 4 is 22.6 Å². The van der Waals surface area contributed by atoms with Gasteiger partial charge < -0.3 is 13.9 Å². The lowest BCUT2D eigenvalue weighted by Crippen LogP contribution is -2.32. The fourth-order valence-corrected chi connectivity index (χ4v) is 3.63. The Balaban J connectivity index is 1.79. The van der Waals surface area contributed by atoms with Crippen LogP contribution in [0.4, 0.5) is 0 Å². The molecule has 5 rings (SSSR count). The van der Waals surface area contributed by atoms with E-state index in [1.54, 1.807) is 42.6 Å². The number of hydrogen-bond acceptors (Lipinski definition) is 7. The first-order valence-corrected chi connectivity index (χ1v) is 8.88. The molecular formula is C21H14N2O6. The van der Waals surface area contributed by atoms with Gasteiger partial charge in [-0.05, 0) is 30.3 Å². The van der Waals surface area contributed by atoms with Crippen molar-refractivity contribution in [2.45, 2.75) is 12.3 Å². The molecule has 0 bridgehead atoms. The lowest BCUT2D eigenvalue weighted by atomic mass is 9.88. The van der Waals surface area contributed by atoms with Crippen molar-refractivity contribution in [2.24, 2.45) is 0 Å². The summed E-state index contributed by atoms with van der Waals surface area (Å²) in [7, 11) is 1.50. The second-order valence-corrected chi connectivity index (χ2v) is 6.68. The molecule has 0 amide bonds. The van der Waals surface area contributed by atoms with Gasteiger partial charge in [0.1, 0.15) is 17.0 Å². The lowest BCUT2D eigenvalue weighted by molar-refractivity contribution is -0.135. The van der Waals surface area contributed by atoms with Gasteiger partial charge in [-0.15, -0.1) is 0 Å². The Morgan fingerprint density at radius 3 is 2.86 bits per heavy atom. The number of fused-ring (bicyclic) bond motifs is 3. The average molecular weight is 390 g/mol. The number of nitrogens with zero attached hydrogens (tertiary/aromatic N) is 2. The van der Waals surface area contributed by atoms with Gasteiger partial charge in [0.15, 0.2) is 5.43 Å². The zero-order valence-electron chi connectivity index (χ0n) is 15.2. The highest BCUT2D eigenvalue weighted by atomic mass is 16.5. The van der Waals surface area contributed by atoms with Crippen LogP contribution in [0.1, 0.15) is 23.5 Å². The van der Waals surface area contributed by atoms with E-state index in [9.17, 15) is 14.4 Å². The van der Waals surface area contributed by atoms with Crippen molar-refractivity contribution in [1.82, 2.24) is 9.38 Å². The van der Waals surface area contributed by atoms with Gasteiger partial charge in [-0.1, -0.05) is 6.07 Å². The third-order valence-electron chi connectivity index (χ3n) is 5.05. The van der Waals surface area contributed by atoms with Crippen LogP contribution in [0.25, 0.3) is 16.6 Å². The molecule has 0 saturated carbocycles. The zero-order valence-corrected chi connectivity index (χ0v) is 15.2. The number of aromatic nitrogens is 2. The molecule has 1 aliphatic rings. The molecule has 0 unspecified atom stereocenters. The van der Waals surface area contributed by atoms with E-state index >= 15 is 0 Å². The number of esters is 1. The van der Waals surface area contributed by atoms with Crippen molar-refractivity contribution < 1.29 is 18.7 Å². The molecule has 3 aromatic heterocycles. The van der Waals surface area contributed by atoms with E-state index in [-0.39, 0.29) is 28.9 Å². The maximum atomic E-state index is 13.2. The summed E-state index contributed by atoms with van der Waals surface area (Å²) in [4.78, 5) is 42.8. The molecule has 0 fully saturated rings. The predicted octanol–water partition coefficient (Wildman–Crippen LogP) is 2.25. The molecule has 8 nitrogen and oxygen atoms in total. The highest BCUT2D eigenvalue weighted by molar-refractivity contribution is 5.80. The molecule has 1 atom stereocenters. The molecule has 8 heteroatoms. The van der Waals surface area contributed by atoms with Gasteiger partial charge in [-0.3, -0.25) is 18.8 Å². The molecule has 29 heavy (non-hydrogen) atoms. The summed E-state index contributed by atoms with van der Waals surface area (Å²) in [5.74, 6) is -0.972. The van der Waals surface area contributed by atoms with Crippen LogP contribution in [-0.2, 0) is 4.79 Å². The van der Waals surface area contributed by atoms with Crippen LogP contribution >= 0.6 is 0 Å². The third-order valence-corrected chi connectivity index (χ3v) is 5.05. The van der Waals surface area contributed by atoms with Gasteiger partial charge in [-0.2, -0.15) is 4.98 Å². The number of pyridine rings is 1. The Morgan fingerprint density at radius 2 is 2.03 bits per heavy atom. The Morgan fingerprint density at radius 1 is 1.17 bits per heavy atom. The molecule has 144 valence electrons. The van der Waals surface area contributed by atoms with E-state index in [4.69, 9.17) is 13.9 Å². The standard InChI is InChI=1S/C21H14N2O6/c1-27-11-5-6-15-13(8-11)19(25)14(10-28-15)12-9-17(24)29-20-18(12)21(26)23-7-3-2-4-16(23)22-20/h2-8,10,12H,9H2,1H3/t12-/m0/s1. The Labute approximate surface area is 162 Å². The summed E-state index contributed by atoms with van der Waals surface area (Å²) < 4.78 is 17.4. The Bertz CT molecular complexity index is 1420. The summed E-state index contributed by atoms with van der Waals surface area (Å²) in [6.45, 7) is 0. The first-order chi connectivity index (χ1) is 14.1. The van der Waals surface area contributed by atoms with Crippen LogP contribution in [0, 0.1) is 0 Å². The fourth-order valence-electron chi connectivity index (χ4n) is 3.63. The molecule has 1 aliphatic heterocycles. The summed E-state index contributed by atoms with van der Waals surface area (Å²) in [5.41, 5.74) is 0.342. The van der Waals surface area contributed by atoms with E-state index in [1.807, 2.05) is 0 Å². The van der Waals surface area contributed by atoms with Crippen molar-refractivity contribution in [3.63, 3.8) is 0 Å². The largest absolute Gasteiger partial charge is 0.497 e. The van der Waals surface area contributed by atoms with Crippen LogP contribution in [0.3, 0.4) is 0 Å². The lowest BCUT2D eigenvalue weighted by Gasteiger charge is -2.23. The zero-order chi connectivity index (χ0) is 20.1. The number of ether oxygens (including phenoxy) is 2. The Hall–Kier alpha value is -3.94. The van der Waals surface area contributed by atoms with E-state index in [1.165, 1.54) is 17.8 Å². The monoisotopic (exact) mass is 390 g/mol. The van der Waals surface area contributed by atoms with Crippen molar-refractivity contribution in [1.29, 1.82) is 0 Å². The highest BCUT2D eigenvalue weighted by Crippen LogP contribution is 2.35. The summed E-state index contributed by atoms with van der Waals surface area (Å²) in [6, 6.07) is 9.94. The summed E-state index contributed by atoms with van der Waals surface area (Å²) in [5, 5.41) is 0.302. The molecule has 0 spiro atoms. The number of benzene rings is 1. The number of methoxy groups -OCH3 is 1. The first-order valence-electron chi connectivity index (χ1n) is 8.88. The smallest absolute Gasteiger partial charge is 0.313 e. The van der Waals surface area contributed by atoms with Crippen LogP contribution in [0.15, 0.2) is 62.9 Å². The maximum absolute atomic E-state index is 13.2. The summed E-state index contributed by atoms with van der Waals surface area (Å²) in [6.07, 6.45) is 2.71. The number of carbonyl (C=O) groups is 1. The molecule has 4 aromatic rings. The highest BCUT2D eigenvalue weighted by Gasteiger charge is 2.35. The minimum atomic E-state index is -0.824. The van der Waals surface area contributed by atoms with Gasteiger partial charge >= 0.3 is 5.97 Å². The molecule has 4 heterocycles. The van der Waals surface area contributed by atoms with Gasteiger partial charge in [0.05, 0.1) is 30.7 Å². The third kappa shape index (κ3) is 2.60. The van der Waals surface area contributed by atoms with Gasteiger partial charge in [0.2, 0.25) is 5.88 Å². The van der Waals surface area contributed by atoms with Crippen LogP contribution in [0.2, 0.25) is 0 Å². The van der Waals surface area contributed by atoms with Gasteiger partial charge in [-0.25, -0.2) is 0 Å². The van der Waals surface area contributed by atoms with E-state index in [0.29, 0.717) is 22.4 Å². The minimum Gasteiger partial charge on any atom is -0.497 e. The van der Waals surface area contributed by atoms with Crippen molar-refractivity contribution in [3.05, 3.63) is 80.6 Å². The van der Waals surface area contributed by atoms with E-state index < -0.39 is 17.4 Å². The van der Waals surface area contributed by atoms with Crippen molar-refractivity contribution in [3.8, 4) is 11.6 Å². The van der Waals surface area contributed by atoms with Gasteiger partial charge in [0.25, 0.3) is 5.56 Å². The molecule has 0 aliphatic carbocycles. The molecule has 0 N–H and O–H groups in total. The van der Waals surface area contributed by atoms with Crippen LogP contribution < -0.4 is 20.5 Å². The average Bonchev–Trinajstić information content (AvgIpc) is 2.73. The second-order valence-electron chi connectivity index (χ2n) is 6.68. The quantitative estimate of drug-likeness (QED) is 0.484. The molecule has 0 radical (unpaired) electrons. The van der Waals surface area contributed by atoms with Crippen molar-refractivity contribution in [2.75, 3.05) is 7.11 Å². The maximum Gasteiger partial charge on any atom is 0.313 e. The fraction of sp³-hybridized carbons (Fsp3) is 0.143. The van der Waals surface area contributed by atoms with Crippen LogP contribution in [-0.4, -0.2) is 22.5 Å². The SMILES string of the molecule is COc1ccc2occ([C@@H]3CC(=O)Oc4nc5ccccn5c(=O)c43)c(=O)c2c1. The number of carbonyl (C=O) groups excluding carboxylic acids is 1. The first kappa shape index (κ1) is 17.2. The topological polar surface area (TPSA) is 100 Å². The van der Waals surface area contributed by atoms with E-state index in [2.05, 4.69) is 4.98 Å². The van der Waals surface area contributed by atoms with Gasteiger partial charge in [0, 0.05) is 17.7 Å². The molecule has 0 saturated heterocycles. The normalized spacial score (nSPS) is 15.9. The Kier molecular flexibility index (Phi) is 3.73. The summed E-state index contributed by atoms with van der Waals surface area (Å²) >= 11 is 0. The molecular weight excluding hydrogens is 376 g/mol. The van der Waals surface area contributed by atoms with Crippen LogP contribution in [0.5, 0.6) is 11.6 Å². The van der Waals surface area contributed by atoms with E-state index in [0.717, 1.165) is 0 Å². The predicted molar refractivity (Wildman–Crippen MR) is 103 cm³/mol. The molecule has 1 aromatic carbocycles. The number of hydrogen-bond donors (Lipinski definition) is 0.